The number of hydrogen-bond donors (Lipinski definition) is 1. The number of fused-ring (bicyclic) bond motifs is 1. The topological polar surface area (TPSA) is 78.2 Å². The van der Waals surface area contributed by atoms with Gasteiger partial charge in [0.05, 0.1) is 11.7 Å². The predicted molar refractivity (Wildman–Crippen MR) is 165 cm³/mol. The lowest BCUT2D eigenvalue weighted by Gasteiger charge is -2.42. The molecule has 6 rings (SSSR count). The largest absolute Gasteiger partial charge is 0.326 e. The SMILES string of the molecule is CCN1CCC(N2CCN(Cc3ccc(Nc4ncc(F)c(-c5cc(F)c6nc(C)n(C(C)C)c6c5)n4)nc3)CC2)CC1. The Bertz CT molecular complexity index is 1550. The van der Waals surface area contributed by atoms with E-state index in [9.17, 15) is 4.39 Å². The van der Waals surface area contributed by atoms with E-state index >= 15 is 4.39 Å². The number of pyridine rings is 1. The van der Waals surface area contributed by atoms with Crippen LogP contribution in [0.25, 0.3) is 22.3 Å². The van der Waals surface area contributed by atoms with Gasteiger partial charge in [0.25, 0.3) is 0 Å². The van der Waals surface area contributed by atoms with Crippen molar-refractivity contribution in [2.45, 2.75) is 59.2 Å². The molecule has 0 radical (unpaired) electrons. The van der Waals surface area contributed by atoms with Gasteiger partial charge < -0.3 is 14.8 Å². The summed E-state index contributed by atoms with van der Waals surface area (Å²) in [6.45, 7) is 16.9. The summed E-state index contributed by atoms with van der Waals surface area (Å²) in [5, 5.41) is 3.07. The van der Waals surface area contributed by atoms with Gasteiger partial charge in [-0.25, -0.2) is 28.7 Å². The number of anilines is 2. The fourth-order valence-electron chi connectivity index (χ4n) is 6.54. The summed E-state index contributed by atoms with van der Waals surface area (Å²) in [4.78, 5) is 25.1. The van der Waals surface area contributed by atoms with Crippen molar-refractivity contribution >= 4 is 22.8 Å². The van der Waals surface area contributed by atoms with Gasteiger partial charge in [0.15, 0.2) is 11.6 Å². The van der Waals surface area contributed by atoms with E-state index in [1.54, 1.807) is 6.07 Å². The number of rotatable bonds is 8. The molecule has 2 fully saturated rings. The van der Waals surface area contributed by atoms with Crippen molar-refractivity contribution in [3.63, 3.8) is 0 Å². The summed E-state index contributed by atoms with van der Waals surface area (Å²) in [6.07, 6.45) is 5.51. The molecule has 4 aromatic rings. The van der Waals surface area contributed by atoms with E-state index in [0.29, 0.717) is 22.7 Å². The summed E-state index contributed by atoms with van der Waals surface area (Å²) in [5.41, 5.74) is 2.34. The fourth-order valence-corrected chi connectivity index (χ4v) is 6.54. The van der Waals surface area contributed by atoms with Crippen molar-refractivity contribution in [2.24, 2.45) is 0 Å². The number of imidazole rings is 1. The minimum atomic E-state index is -0.633. The molecule has 0 atom stereocenters. The average Bonchev–Trinajstić information content (AvgIpc) is 3.36. The second kappa shape index (κ2) is 12.6. The van der Waals surface area contributed by atoms with Crippen LogP contribution in [0.2, 0.25) is 0 Å². The monoisotopic (exact) mass is 589 g/mol. The second-order valence-electron chi connectivity index (χ2n) is 12.0. The molecule has 0 spiro atoms. The van der Waals surface area contributed by atoms with Gasteiger partial charge in [-0.2, -0.15) is 0 Å². The maximum atomic E-state index is 15.0. The highest BCUT2D eigenvalue weighted by Gasteiger charge is 2.27. The van der Waals surface area contributed by atoms with Gasteiger partial charge in [-0.1, -0.05) is 13.0 Å². The third kappa shape index (κ3) is 6.39. The molecule has 1 N–H and O–H groups in total. The zero-order chi connectivity index (χ0) is 30.1. The molecule has 0 unspecified atom stereocenters. The zero-order valence-corrected chi connectivity index (χ0v) is 25.5. The van der Waals surface area contributed by atoms with Crippen LogP contribution >= 0.6 is 0 Å². The number of halogens is 2. The number of piperidine rings is 1. The molecule has 0 saturated carbocycles. The van der Waals surface area contributed by atoms with Crippen molar-refractivity contribution in [3.8, 4) is 11.3 Å². The number of aromatic nitrogens is 5. The first kappa shape index (κ1) is 29.5. The van der Waals surface area contributed by atoms with Crippen LogP contribution in [0.1, 0.15) is 51.0 Å². The molecule has 0 bridgehead atoms. The van der Waals surface area contributed by atoms with Crippen molar-refractivity contribution < 1.29 is 8.78 Å². The Morgan fingerprint density at radius 1 is 0.907 bits per heavy atom. The molecule has 3 aromatic heterocycles. The Morgan fingerprint density at radius 3 is 2.35 bits per heavy atom. The van der Waals surface area contributed by atoms with Crippen molar-refractivity contribution in [3.05, 3.63) is 59.7 Å². The summed E-state index contributed by atoms with van der Waals surface area (Å²) < 4.78 is 31.9. The van der Waals surface area contributed by atoms with Gasteiger partial charge in [-0.15, -0.1) is 0 Å². The van der Waals surface area contributed by atoms with E-state index in [1.165, 1.54) is 32.0 Å². The fraction of sp³-hybridized carbons (Fsp3) is 0.500. The lowest BCUT2D eigenvalue weighted by Crippen LogP contribution is -2.52. The summed E-state index contributed by atoms with van der Waals surface area (Å²) in [5.74, 6) is 0.294. The van der Waals surface area contributed by atoms with Crippen molar-refractivity contribution in [1.29, 1.82) is 0 Å². The maximum absolute atomic E-state index is 15.0. The third-order valence-corrected chi connectivity index (χ3v) is 8.86. The summed E-state index contributed by atoms with van der Waals surface area (Å²) in [6, 6.07) is 7.73. The van der Waals surface area contributed by atoms with Gasteiger partial charge in [-0.3, -0.25) is 9.80 Å². The molecule has 228 valence electrons. The van der Waals surface area contributed by atoms with Gasteiger partial charge in [0, 0.05) is 56.6 Å². The number of likely N-dealkylation sites (tertiary alicyclic amines) is 1. The smallest absolute Gasteiger partial charge is 0.229 e. The third-order valence-electron chi connectivity index (χ3n) is 8.86. The number of aryl methyl sites for hydroxylation is 1. The van der Waals surface area contributed by atoms with E-state index in [-0.39, 0.29) is 23.2 Å². The Hall–Kier alpha value is -3.54. The highest BCUT2D eigenvalue weighted by molar-refractivity contribution is 5.83. The molecule has 2 aliphatic heterocycles. The lowest BCUT2D eigenvalue weighted by molar-refractivity contribution is 0.0578. The molecular formula is C32H41F2N9. The van der Waals surface area contributed by atoms with Crippen LogP contribution in [0, 0.1) is 18.6 Å². The summed E-state index contributed by atoms with van der Waals surface area (Å²) >= 11 is 0. The van der Waals surface area contributed by atoms with Gasteiger partial charge in [0.2, 0.25) is 5.95 Å². The molecule has 1 aromatic carbocycles. The first-order valence-corrected chi connectivity index (χ1v) is 15.4. The second-order valence-corrected chi connectivity index (χ2v) is 12.0. The molecule has 11 heteroatoms. The number of benzene rings is 1. The number of nitrogens with zero attached hydrogens (tertiary/aromatic N) is 8. The Balaban J connectivity index is 1.09. The lowest BCUT2D eigenvalue weighted by atomic mass is 10.0. The van der Waals surface area contributed by atoms with E-state index in [2.05, 4.69) is 46.9 Å². The minimum absolute atomic E-state index is 0.0131. The van der Waals surface area contributed by atoms with E-state index in [4.69, 9.17) is 0 Å². The van der Waals surface area contributed by atoms with Crippen LogP contribution in [0.4, 0.5) is 20.5 Å². The van der Waals surface area contributed by atoms with E-state index in [0.717, 1.165) is 57.1 Å². The first-order valence-electron chi connectivity index (χ1n) is 15.4. The van der Waals surface area contributed by atoms with E-state index in [1.807, 2.05) is 43.7 Å². The van der Waals surface area contributed by atoms with Gasteiger partial charge >= 0.3 is 0 Å². The quantitative estimate of drug-likeness (QED) is 0.293. The van der Waals surface area contributed by atoms with Crippen molar-refractivity contribution in [2.75, 3.05) is 51.1 Å². The molecule has 9 nitrogen and oxygen atoms in total. The number of piperazine rings is 1. The molecule has 0 aliphatic carbocycles. The number of hydrogen-bond acceptors (Lipinski definition) is 8. The Morgan fingerprint density at radius 2 is 1.67 bits per heavy atom. The molecule has 2 saturated heterocycles. The standard InChI is InChI=1S/C32H41F2N9/c1-5-40-10-8-25(9-11-40)42-14-12-41(13-15-42)20-23-6-7-29(35-18-23)38-32-36-19-27(34)30(39-32)24-16-26(33)31-28(17-24)43(21(2)3)22(4)37-31/h6-7,16-19,21,25H,5,8-15,20H2,1-4H3,(H,35,36,38,39). The Labute approximate surface area is 252 Å². The Kier molecular flexibility index (Phi) is 8.65. The van der Waals surface area contributed by atoms with Crippen LogP contribution < -0.4 is 5.32 Å². The molecule has 0 amide bonds. The maximum Gasteiger partial charge on any atom is 0.229 e. The zero-order valence-electron chi connectivity index (χ0n) is 25.5. The van der Waals surface area contributed by atoms with Crippen LogP contribution in [-0.4, -0.2) is 91.1 Å². The van der Waals surface area contributed by atoms with Crippen LogP contribution in [-0.2, 0) is 6.54 Å². The highest BCUT2D eigenvalue weighted by Crippen LogP contribution is 2.30. The predicted octanol–water partition coefficient (Wildman–Crippen LogP) is 5.40. The highest BCUT2D eigenvalue weighted by atomic mass is 19.1. The van der Waals surface area contributed by atoms with Crippen LogP contribution in [0.15, 0.2) is 36.7 Å². The average molecular weight is 590 g/mol. The molecule has 2 aliphatic rings. The minimum Gasteiger partial charge on any atom is -0.326 e. The molecule has 43 heavy (non-hydrogen) atoms. The molecular weight excluding hydrogens is 548 g/mol. The number of nitrogens with one attached hydrogen (secondary N) is 1. The van der Waals surface area contributed by atoms with Gasteiger partial charge in [-0.05, 0) is 77.0 Å². The van der Waals surface area contributed by atoms with Crippen molar-refractivity contribution in [1.82, 2.24) is 39.2 Å². The normalized spacial score (nSPS) is 17.7. The van der Waals surface area contributed by atoms with Crippen LogP contribution in [0.5, 0.6) is 0 Å². The van der Waals surface area contributed by atoms with Crippen LogP contribution in [0.3, 0.4) is 0 Å². The van der Waals surface area contributed by atoms with Gasteiger partial charge in [0.1, 0.15) is 22.9 Å². The summed E-state index contributed by atoms with van der Waals surface area (Å²) in [7, 11) is 0. The molecule has 5 heterocycles. The van der Waals surface area contributed by atoms with E-state index < -0.39 is 11.6 Å². The first-order chi connectivity index (χ1) is 20.8.